The summed E-state index contributed by atoms with van der Waals surface area (Å²) in [5, 5.41) is 0.155. The Kier molecular flexibility index (Phi) is 4.04. The first-order valence-electron chi connectivity index (χ1n) is 6.13. The first kappa shape index (κ1) is 14.5. The van der Waals surface area contributed by atoms with E-state index in [1.807, 2.05) is 26.0 Å². The van der Waals surface area contributed by atoms with Crippen molar-refractivity contribution >= 4 is 17.9 Å². The minimum Gasteiger partial charge on any atom is -0.496 e. The molecule has 0 aliphatic heterocycles. The Morgan fingerprint density at radius 1 is 1.20 bits per heavy atom. The van der Waals surface area contributed by atoms with Gasteiger partial charge in [0, 0.05) is 5.56 Å². The molecule has 0 aliphatic carbocycles. The zero-order chi connectivity index (χ0) is 14.9. The number of halogens is 1. The lowest BCUT2D eigenvalue weighted by molar-refractivity contribution is 0.112. The SMILES string of the molecule is COc1c(-c2nc(C)nc(Cl)c2C=O)ccc(C)c1C. The zero-order valence-electron chi connectivity index (χ0n) is 11.8. The van der Waals surface area contributed by atoms with E-state index in [1.54, 1.807) is 14.0 Å². The van der Waals surface area contributed by atoms with Crippen LogP contribution in [-0.2, 0) is 0 Å². The van der Waals surface area contributed by atoms with Gasteiger partial charge in [0.2, 0.25) is 0 Å². The molecule has 0 saturated carbocycles. The van der Waals surface area contributed by atoms with Crippen LogP contribution in [0.4, 0.5) is 0 Å². The summed E-state index contributed by atoms with van der Waals surface area (Å²) in [5.74, 6) is 1.21. The molecule has 0 saturated heterocycles. The van der Waals surface area contributed by atoms with Gasteiger partial charge in [0.05, 0.1) is 18.4 Å². The number of nitrogens with zero attached hydrogens (tertiary/aromatic N) is 2. The molecule has 0 fully saturated rings. The van der Waals surface area contributed by atoms with Gasteiger partial charge in [0.15, 0.2) is 6.29 Å². The third kappa shape index (κ3) is 2.39. The monoisotopic (exact) mass is 290 g/mol. The largest absolute Gasteiger partial charge is 0.496 e. The third-order valence-electron chi connectivity index (χ3n) is 3.26. The third-order valence-corrected chi connectivity index (χ3v) is 3.55. The van der Waals surface area contributed by atoms with Gasteiger partial charge in [-0.3, -0.25) is 4.79 Å². The Balaban J connectivity index is 2.81. The van der Waals surface area contributed by atoms with Crippen LogP contribution in [0.3, 0.4) is 0 Å². The van der Waals surface area contributed by atoms with Crippen LogP contribution in [0.1, 0.15) is 27.3 Å². The molecule has 1 heterocycles. The van der Waals surface area contributed by atoms with E-state index in [9.17, 15) is 4.79 Å². The molecule has 2 rings (SSSR count). The molecular weight excluding hydrogens is 276 g/mol. The van der Waals surface area contributed by atoms with Gasteiger partial charge >= 0.3 is 0 Å². The summed E-state index contributed by atoms with van der Waals surface area (Å²) in [5.41, 5.74) is 3.63. The minimum absolute atomic E-state index is 0.155. The summed E-state index contributed by atoms with van der Waals surface area (Å²) >= 11 is 6.03. The number of aldehydes is 1. The molecule has 1 aromatic heterocycles. The van der Waals surface area contributed by atoms with E-state index in [0.29, 0.717) is 23.6 Å². The van der Waals surface area contributed by atoms with E-state index in [-0.39, 0.29) is 10.7 Å². The highest BCUT2D eigenvalue weighted by atomic mass is 35.5. The number of benzene rings is 1. The molecule has 20 heavy (non-hydrogen) atoms. The van der Waals surface area contributed by atoms with Crippen molar-refractivity contribution < 1.29 is 9.53 Å². The summed E-state index contributed by atoms with van der Waals surface area (Å²) in [6, 6.07) is 3.85. The molecule has 5 heteroatoms. The number of carbonyl (C=O) groups excluding carboxylic acids is 1. The van der Waals surface area contributed by atoms with Crippen LogP contribution >= 0.6 is 11.6 Å². The first-order valence-corrected chi connectivity index (χ1v) is 6.51. The van der Waals surface area contributed by atoms with Crippen molar-refractivity contribution in [3.8, 4) is 17.0 Å². The van der Waals surface area contributed by atoms with Crippen molar-refractivity contribution in [1.29, 1.82) is 0 Å². The molecule has 0 unspecified atom stereocenters. The fourth-order valence-corrected chi connectivity index (χ4v) is 2.35. The van der Waals surface area contributed by atoms with Crippen LogP contribution < -0.4 is 4.74 Å². The van der Waals surface area contributed by atoms with Crippen LogP contribution in [0.25, 0.3) is 11.3 Å². The van der Waals surface area contributed by atoms with Gasteiger partial charge in [-0.25, -0.2) is 9.97 Å². The van der Waals surface area contributed by atoms with Gasteiger partial charge in [-0.1, -0.05) is 17.7 Å². The van der Waals surface area contributed by atoms with E-state index in [4.69, 9.17) is 16.3 Å². The Hall–Kier alpha value is -1.94. The molecule has 0 N–H and O–H groups in total. The van der Waals surface area contributed by atoms with Crippen LogP contribution in [-0.4, -0.2) is 23.4 Å². The van der Waals surface area contributed by atoms with Crippen molar-refractivity contribution in [1.82, 2.24) is 9.97 Å². The number of methoxy groups -OCH3 is 1. The predicted molar refractivity (Wildman–Crippen MR) is 78.6 cm³/mol. The van der Waals surface area contributed by atoms with E-state index in [2.05, 4.69) is 9.97 Å². The Bertz CT molecular complexity index is 684. The molecule has 0 amide bonds. The maximum atomic E-state index is 11.3. The molecule has 4 nitrogen and oxygen atoms in total. The molecule has 0 aliphatic rings. The maximum absolute atomic E-state index is 11.3. The maximum Gasteiger partial charge on any atom is 0.155 e. The highest BCUT2D eigenvalue weighted by Gasteiger charge is 2.18. The number of carbonyl (C=O) groups is 1. The van der Waals surface area contributed by atoms with Crippen LogP contribution in [0, 0.1) is 20.8 Å². The molecule has 1 aromatic carbocycles. The molecule has 0 bridgehead atoms. The Labute approximate surface area is 122 Å². The lowest BCUT2D eigenvalue weighted by Crippen LogP contribution is -2.02. The zero-order valence-corrected chi connectivity index (χ0v) is 12.6. The number of aromatic nitrogens is 2. The van der Waals surface area contributed by atoms with E-state index >= 15 is 0 Å². The summed E-state index contributed by atoms with van der Waals surface area (Å²) < 4.78 is 5.47. The number of hydrogen-bond donors (Lipinski definition) is 0. The summed E-state index contributed by atoms with van der Waals surface area (Å²) in [4.78, 5) is 19.6. The van der Waals surface area contributed by atoms with Crippen molar-refractivity contribution in [2.45, 2.75) is 20.8 Å². The van der Waals surface area contributed by atoms with Crippen molar-refractivity contribution in [3.63, 3.8) is 0 Å². The van der Waals surface area contributed by atoms with Crippen LogP contribution in [0.2, 0.25) is 5.15 Å². The van der Waals surface area contributed by atoms with E-state index in [0.717, 1.165) is 16.7 Å². The molecular formula is C15H15ClN2O2. The van der Waals surface area contributed by atoms with Crippen LogP contribution in [0.5, 0.6) is 5.75 Å². The average Bonchev–Trinajstić information content (AvgIpc) is 2.41. The average molecular weight is 291 g/mol. The Morgan fingerprint density at radius 2 is 1.90 bits per heavy atom. The Morgan fingerprint density at radius 3 is 2.50 bits per heavy atom. The van der Waals surface area contributed by atoms with Crippen molar-refractivity contribution in [2.75, 3.05) is 7.11 Å². The normalized spacial score (nSPS) is 10.4. The lowest BCUT2D eigenvalue weighted by Gasteiger charge is -2.14. The second kappa shape index (κ2) is 5.59. The quantitative estimate of drug-likeness (QED) is 0.641. The van der Waals surface area contributed by atoms with Crippen molar-refractivity contribution in [3.05, 3.63) is 39.8 Å². The first-order chi connectivity index (χ1) is 9.49. The number of aryl methyl sites for hydroxylation is 2. The second-order valence-corrected chi connectivity index (χ2v) is 4.89. The lowest BCUT2D eigenvalue weighted by atomic mass is 10.00. The van der Waals surface area contributed by atoms with Gasteiger partial charge in [0.25, 0.3) is 0 Å². The smallest absolute Gasteiger partial charge is 0.155 e. The van der Waals surface area contributed by atoms with Gasteiger partial charge in [-0.15, -0.1) is 0 Å². The van der Waals surface area contributed by atoms with E-state index < -0.39 is 0 Å². The predicted octanol–water partition coefficient (Wildman–Crippen LogP) is 3.54. The van der Waals surface area contributed by atoms with Gasteiger partial charge in [-0.2, -0.15) is 0 Å². The molecule has 0 atom stereocenters. The fraction of sp³-hybridized carbons (Fsp3) is 0.267. The molecule has 0 spiro atoms. The molecule has 0 radical (unpaired) electrons. The van der Waals surface area contributed by atoms with Gasteiger partial charge < -0.3 is 4.74 Å². The minimum atomic E-state index is 0.155. The standard InChI is InChI=1S/C15H15ClN2O2/c1-8-5-6-11(14(20-4)9(8)2)13-12(7-19)15(16)18-10(3)17-13/h5-7H,1-4H3. The molecule has 104 valence electrons. The van der Waals surface area contributed by atoms with Crippen LogP contribution in [0.15, 0.2) is 12.1 Å². The van der Waals surface area contributed by atoms with Crippen molar-refractivity contribution in [2.24, 2.45) is 0 Å². The van der Waals surface area contributed by atoms with Gasteiger partial charge in [-0.05, 0) is 38.0 Å². The highest BCUT2D eigenvalue weighted by Crippen LogP contribution is 2.36. The van der Waals surface area contributed by atoms with Gasteiger partial charge in [0.1, 0.15) is 16.7 Å². The number of hydrogen-bond acceptors (Lipinski definition) is 4. The summed E-state index contributed by atoms with van der Waals surface area (Å²) in [6.07, 6.45) is 0.672. The summed E-state index contributed by atoms with van der Waals surface area (Å²) in [6.45, 7) is 5.70. The topological polar surface area (TPSA) is 52.1 Å². The molecule has 2 aromatic rings. The highest BCUT2D eigenvalue weighted by molar-refractivity contribution is 6.32. The number of ether oxygens (including phenoxy) is 1. The summed E-state index contributed by atoms with van der Waals surface area (Å²) in [7, 11) is 1.60. The second-order valence-electron chi connectivity index (χ2n) is 4.53. The fourth-order valence-electron chi connectivity index (χ4n) is 2.10. The number of rotatable bonds is 3. The van der Waals surface area contributed by atoms with E-state index in [1.165, 1.54) is 0 Å².